The molecule has 0 amide bonds. The van der Waals surface area contributed by atoms with Crippen LogP contribution >= 0.6 is 0 Å². The topological polar surface area (TPSA) is 12.5 Å². The molecule has 1 rings (SSSR count). The Bertz CT molecular complexity index is 206. The van der Waals surface area contributed by atoms with Gasteiger partial charge < -0.3 is 9.64 Å². The van der Waals surface area contributed by atoms with Crippen LogP contribution in [0.2, 0.25) is 0 Å². The van der Waals surface area contributed by atoms with Crippen LogP contribution in [0.4, 0.5) is 0 Å². The van der Waals surface area contributed by atoms with Crippen LogP contribution in [0.3, 0.4) is 0 Å². The Morgan fingerprint density at radius 2 is 2.25 bits per heavy atom. The molecule has 2 heteroatoms. The standard InChI is InChI=1S/C10H17NO/c1-9-10(2,3)5-7-12-8-6-11(9)4/h6,8H,1,5,7H2,2-4H3. The monoisotopic (exact) mass is 167 g/mol. The molecule has 0 spiro atoms. The fourth-order valence-electron chi connectivity index (χ4n) is 1.23. The third-order valence-corrected chi connectivity index (χ3v) is 2.43. The summed E-state index contributed by atoms with van der Waals surface area (Å²) in [6.45, 7) is 9.22. The van der Waals surface area contributed by atoms with E-state index in [0.29, 0.717) is 0 Å². The van der Waals surface area contributed by atoms with E-state index in [2.05, 4.69) is 20.4 Å². The number of nitrogens with zero attached hydrogens (tertiary/aromatic N) is 1. The Hall–Kier alpha value is -0.920. The molecule has 1 heterocycles. The summed E-state index contributed by atoms with van der Waals surface area (Å²) in [6.07, 6.45) is 4.64. The summed E-state index contributed by atoms with van der Waals surface area (Å²) in [6, 6.07) is 0. The van der Waals surface area contributed by atoms with Crippen LogP contribution in [-0.4, -0.2) is 18.6 Å². The summed E-state index contributed by atoms with van der Waals surface area (Å²) in [4.78, 5) is 2.01. The lowest BCUT2D eigenvalue weighted by molar-refractivity contribution is 0.174. The van der Waals surface area contributed by atoms with Gasteiger partial charge in [0.1, 0.15) is 0 Å². The lowest BCUT2D eigenvalue weighted by Gasteiger charge is -2.33. The molecule has 0 N–H and O–H groups in total. The van der Waals surface area contributed by atoms with Crippen molar-refractivity contribution in [3.05, 3.63) is 24.7 Å². The summed E-state index contributed by atoms with van der Waals surface area (Å²) in [7, 11) is 2.00. The second kappa shape index (κ2) is 3.21. The fraction of sp³-hybridized carbons (Fsp3) is 0.600. The molecule has 0 aromatic heterocycles. The minimum Gasteiger partial charge on any atom is -0.500 e. The molecule has 0 unspecified atom stereocenters. The normalized spacial score (nSPS) is 22.9. The Morgan fingerprint density at radius 3 is 2.92 bits per heavy atom. The first kappa shape index (κ1) is 9.17. The highest BCUT2D eigenvalue weighted by Gasteiger charge is 2.24. The second-order valence-electron chi connectivity index (χ2n) is 3.85. The summed E-state index contributed by atoms with van der Waals surface area (Å²) >= 11 is 0. The van der Waals surface area contributed by atoms with E-state index in [-0.39, 0.29) is 5.41 Å². The van der Waals surface area contributed by atoms with Gasteiger partial charge in [-0.3, -0.25) is 0 Å². The molecule has 0 saturated heterocycles. The van der Waals surface area contributed by atoms with Crippen LogP contribution in [0, 0.1) is 5.41 Å². The Balaban J connectivity index is 2.81. The number of ether oxygens (including phenoxy) is 1. The fourth-order valence-corrected chi connectivity index (χ4v) is 1.23. The highest BCUT2D eigenvalue weighted by Crippen LogP contribution is 2.31. The van der Waals surface area contributed by atoms with Gasteiger partial charge in [0, 0.05) is 24.4 Å². The summed E-state index contributed by atoms with van der Waals surface area (Å²) < 4.78 is 5.27. The van der Waals surface area contributed by atoms with E-state index in [0.717, 1.165) is 18.7 Å². The summed E-state index contributed by atoms with van der Waals surface area (Å²) in [5.74, 6) is 0. The highest BCUT2D eigenvalue weighted by atomic mass is 16.5. The van der Waals surface area contributed by atoms with Crippen LogP contribution in [-0.2, 0) is 4.74 Å². The Morgan fingerprint density at radius 1 is 1.58 bits per heavy atom. The van der Waals surface area contributed by atoms with Crippen molar-refractivity contribution in [3.8, 4) is 0 Å². The molecule has 1 aliphatic heterocycles. The van der Waals surface area contributed by atoms with Gasteiger partial charge in [-0.05, 0) is 6.42 Å². The van der Waals surface area contributed by atoms with Gasteiger partial charge in [-0.1, -0.05) is 20.4 Å². The average Bonchev–Trinajstić information content (AvgIpc) is 2.00. The predicted octanol–water partition coefficient (Wildman–Crippen LogP) is 2.35. The predicted molar refractivity (Wildman–Crippen MR) is 50.4 cm³/mol. The molecule has 0 aliphatic carbocycles. The molecule has 1 aliphatic rings. The van der Waals surface area contributed by atoms with E-state index >= 15 is 0 Å². The van der Waals surface area contributed by atoms with Gasteiger partial charge in [0.15, 0.2) is 0 Å². The van der Waals surface area contributed by atoms with Crippen molar-refractivity contribution in [2.75, 3.05) is 13.7 Å². The second-order valence-corrected chi connectivity index (χ2v) is 3.85. The van der Waals surface area contributed by atoms with E-state index in [1.165, 1.54) is 0 Å². The lowest BCUT2D eigenvalue weighted by Crippen LogP contribution is -2.27. The highest BCUT2D eigenvalue weighted by molar-refractivity contribution is 5.09. The molecule has 0 radical (unpaired) electrons. The molecular weight excluding hydrogens is 150 g/mol. The first-order valence-corrected chi connectivity index (χ1v) is 4.24. The molecule has 0 fully saturated rings. The van der Waals surface area contributed by atoms with Crippen molar-refractivity contribution in [2.45, 2.75) is 20.3 Å². The first-order chi connectivity index (χ1) is 5.54. The van der Waals surface area contributed by atoms with Crippen molar-refractivity contribution in [3.63, 3.8) is 0 Å². The van der Waals surface area contributed by atoms with Crippen molar-refractivity contribution in [1.29, 1.82) is 0 Å². The molecule has 68 valence electrons. The van der Waals surface area contributed by atoms with Crippen LogP contribution < -0.4 is 0 Å². The lowest BCUT2D eigenvalue weighted by atomic mass is 9.86. The summed E-state index contributed by atoms with van der Waals surface area (Å²) in [5.41, 5.74) is 1.28. The minimum atomic E-state index is 0.138. The van der Waals surface area contributed by atoms with Crippen LogP contribution in [0.15, 0.2) is 24.7 Å². The van der Waals surface area contributed by atoms with Gasteiger partial charge >= 0.3 is 0 Å². The van der Waals surface area contributed by atoms with Gasteiger partial charge in [0.2, 0.25) is 0 Å². The third-order valence-electron chi connectivity index (χ3n) is 2.43. The average molecular weight is 167 g/mol. The molecule has 0 saturated carbocycles. The Kier molecular flexibility index (Phi) is 2.46. The zero-order valence-corrected chi connectivity index (χ0v) is 8.13. The van der Waals surface area contributed by atoms with E-state index in [9.17, 15) is 0 Å². The maximum absolute atomic E-state index is 5.27. The van der Waals surface area contributed by atoms with E-state index < -0.39 is 0 Å². The molecule has 0 aromatic rings. The van der Waals surface area contributed by atoms with Gasteiger partial charge in [-0.15, -0.1) is 0 Å². The smallest absolute Gasteiger partial charge is 0.0990 e. The SMILES string of the molecule is C=C1N(C)C=COCCC1(C)C. The summed E-state index contributed by atoms with van der Waals surface area (Å²) in [5, 5.41) is 0. The molecule has 0 bridgehead atoms. The maximum atomic E-state index is 5.27. The maximum Gasteiger partial charge on any atom is 0.0990 e. The van der Waals surface area contributed by atoms with Gasteiger partial charge in [0.05, 0.1) is 12.9 Å². The van der Waals surface area contributed by atoms with E-state index in [1.807, 2.05) is 18.1 Å². The minimum absolute atomic E-state index is 0.138. The van der Waals surface area contributed by atoms with Crippen LogP contribution in [0.1, 0.15) is 20.3 Å². The van der Waals surface area contributed by atoms with Crippen molar-refractivity contribution >= 4 is 0 Å². The number of hydrogen-bond donors (Lipinski definition) is 0. The molecular formula is C10H17NO. The number of allylic oxidation sites excluding steroid dienone is 1. The molecule has 12 heavy (non-hydrogen) atoms. The van der Waals surface area contributed by atoms with Gasteiger partial charge in [0.25, 0.3) is 0 Å². The number of hydrogen-bond acceptors (Lipinski definition) is 2. The van der Waals surface area contributed by atoms with Gasteiger partial charge in [-0.25, -0.2) is 0 Å². The first-order valence-electron chi connectivity index (χ1n) is 4.24. The number of rotatable bonds is 0. The van der Waals surface area contributed by atoms with Crippen molar-refractivity contribution in [2.24, 2.45) is 5.41 Å². The van der Waals surface area contributed by atoms with Gasteiger partial charge in [-0.2, -0.15) is 0 Å². The molecule has 2 nitrogen and oxygen atoms in total. The van der Waals surface area contributed by atoms with E-state index in [4.69, 9.17) is 4.74 Å². The van der Waals surface area contributed by atoms with Crippen LogP contribution in [0.5, 0.6) is 0 Å². The van der Waals surface area contributed by atoms with Crippen LogP contribution in [0.25, 0.3) is 0 Å². The largest absolute Gasteiger partial charge is 0.500 e. The molecule has 0 aromatic carbocycles. The zero-order valence-electron chi connectivity index (χ0n) is 8.13. The third kappa shape index (κ3) is 1.81. The van der Waals surface area contributed by atoms with Crippen molar-refractivity contribution in [1.82, 2.24) is 4.90 Å². The van der Waals surface area contributed by atoms with Crippen molar-refractivity contribution < 1.29 is 4.74 Å². The zero-order chi connectivity index (χ0) is 9.19. The van der Waals surface area contributed by atoms with E-state index in [1.54, 1.807) is 6.26 Å². The Labute approximate surface area is 74.5 Å². The molecule has 0 atom stereocenters. The quantitative estimate of drug-likeness (QED) is 0.549.